The molecule has 0 aliphatic heterocycles. The molecule has 2 aromatic rings. The highest BCUT2D eigenvalue weighted by Crippen LogP contribution is 2.27. The number of ether oxygens (including phenoxy) is 2. The van der Waals surface area contributed by atoms with Crippen molar-refractivity contribution < 1.29 is 14.6 Å². The summed E-state index contributed by atoms with van der Waals surface area (Å²) >= 11 is 0. The average molecular weight is 286 g/mol. The van der Waals surface area contributed by atoms with Crippen molar-refractivity contribution in [3.05, 3.63) is 59.7 Å². The van der Waals surface area contributed by atoms with E-state index in [0.29, 0.717) is 6.61 Å². The second kappa shape index (κ2) is 7.70. The van der Waals surface area contributed by atoms with Crippen LogP contribution in [0.3, 0.4) is 0 Å². The fourth-order valence-corrected chi connectivity index (χ4v) is 2.34. The molecule has 0 aromatic heterocycles. The molecular weight excluding hydrogens is 264 g/mol. The summed E-state index contributed by atoms with van der Waals surface area (Å²) in [6.07, 6.45) is 0.762. The van der Waals surface area contributed by atoms with Gasteiger partial charge in [-0.1, -0.05) is 42.0 Å². The number of hydrogen-bond acceptors (Lipinski definition) is 3. The van der Waals surface area contributed by atoms with E-state index in [4.69, 9.17) is 9.47 Å². The number of methoxy groups -OCH3 is 1. The fraction of sp³-hybridized carbons (Fsp3) is 0.333. The number of aliphatic hydroxyl groups excluding tert-OH is 1. The lowest BCUT2D eigenvalue weighted by molar-refractivity contribution is 0.225. The van der Waals surface area contributed by atoms with Crippen molar-refractivity contribution >= 4 is 0 Å². The Morgan fingerprint density at radius 3 is 2.48 bits per heavy atom. The number of benzene rings is 2. The van der Waals surface area contributed by atoms with Crippen molar-refractivity contribution in [1.82, 2.24) is 0 Å². The Hall–Kier alpha value is -2.00. The lowest BCUT2D eigenvalue weighted by Crippen LogP contribution is -2.10. The molecule has 2 aromatic carbocycles. The van der Waals surface area contributed by atoms with Gasteiger partial charge in [-0.3, -0.25) is 0 Å². The van der Waals surface area contributed by atoms with E-state index in [2.05, 4.69) is 25.1 Å². The van der Waals surface area contributed by atoms with Crippen LogP contribution in [0.15, 0.2) is 48.5 Å². The molecule has 1 N–H and O–H groups in total. The van der Waals surface area contributed by atoms with Gasteiger partial charge >= 0.3 is 0 Å². The molecule has 0 bridgehead atoms. The minimum absolute atomic E-state index is 0.0969. The molecule has 2 rings (SSSR count). The standard InChI is InChI=1S/C18H22O3/c1-14-6-5-7-15(12-14)16(13-19)10-11-21-18-9-4-3-8-17(18)20-2/h3-9,12,16,19H,10-11,13H2,1-2H3. The minimum Gasteiger partial charge on any atom is -0.493 e. The van der Waals surface area contributed by atoms with Gasteiger partial charge in [-0.15, -0.1) is 0 Å². The van der Waals surface area contributed by atoms with E-state index < -0.39 is 0 Å². The van der Waals surface area contributed by atoms with Gasteiger partial charge in [0.05, 0.1) is 20.3 Å². The fourth-order valence-electron chi connectivity index (χ4n) is 2.34. The van der Waals surface area contributed by atoms with E-state index in [1.54, 1.807) is 7.11 Å². The van der Waals surface area contributed by atoms with Crippen LogP contribution in [-0.2, 0) is 0 Å². The highest BCUT2D eigenvalue weighted by atomic mass is 16.5. The Morgan fingerprint density at radius 2 is 1.81 bits per heavy atom. The molecule has 0 saturated carbocycles. The topological polar surface area (TPSA) is 38.7 Å². The van der Waals surface area contributed by atoms with Crippen LogP contribution in [0, 0.1) is 6.92 Å². The van der Waals surface area contributed by atoms with Gasteiger partial charge in [-0.2, -0.15) is 0 Å². The predicted octanol–water partition coefficient (Wildman–Crippen LogP) is 3.55. The molecule has 0 amide bonds. The van der Waals surface area contributed by atoms with Gasteiger partial charge in [0, 0.05) is 5.92 Å². The van der Waals surface area contributed by atoms with E-state index in [1.807, 2.05) is 30.3 Å². The zero-order chi connectivity index (χ0) is 15.1. The summed E-state index contributed by atoms with van der Waals surface area (Å²) in [4.78, 5) is 0. The first kappa shape index (κ1) is 15.4. The van der Waals surface area contributed by atoms with Gasteiger partial charge in [0.25, 0.3) is 0 Å². The van der Waals surface area contributed by atoms with E-state index in [9.17, 15) is 5.11 Å². The zero-order valence-corrected chi connectivity index (χ0v) is 12.6. The van der Waals surface area contributed by atoms with E-state index >= 15 is 0 Å². The summed E-state index contributed by atoms with van der Waals surface area (Å²) in [5, 5.41) is 9.59. The second-order valence-corrected chi connectivity index (χ2v) is 5.08. The number of aliphatic hydroxyl groups is 1. The molecule has 1 unspecified atom stereocenters. The van der Waals surface area contributed by atoms with Crippen LogP contribution in [0.5, 0.6) is 11.5 Å². The Morgan fingerprint density at radius 1 is 1.05 bits per heavy atom. The summed E-state index contributed by atoms with van der Waals surface area (Å²) in [5.41, 5.74) is 2.36. The molecule has 0 saturated heterocycles. The maximum absolute atomic E-state index is 9.59. The molecular formula is C18H22O3. The van der Waals surface area contributed by atoms with Crippen LogP contribution in [0.4, 0.5) is 0 Å². The van der Waals surface area contributed by atoms with Crippen LogP contribution < -0.4 is 9.47 Å². The van der Waals surface area contributed by atoms with E-state index in [1.165, 1.54) is 5.56 Å². The smallest absolute Gasteiger partial charge is 0.161 e. The van der Waals surface area contributed by atoms with E-state index in [0.717, 1.165) is 23.5 Å². The van der Waals surface area contributed by atoms with Gasteiger partial charge in [0.2, 0.25) is 0 Å². The molecule has 21 heavy (non-hydrogen) atoms. The van der Waals surface area contributed by atoms with Crippen molar-refractivity contribution in [3.63, 3.8) is 0 Å². The summed E-state index contributed by atoms with van der Waals surface area (Å²) in [7, 11) is 1.63. The number of hydrogen-bond donors (Lipinski definition) is 1. The van der Waals surface area contributed by atoms with Gasteiger partial charge in [-0.05, 0) is 31.0 Å². The van der Waals surface area contributed by atoms with Crippen LogP contribution in [0.25, 0.3) is 0 Å². The summed E-state index contributed by atoms with van der Waals surface area (Å²) < 4.78 is 11.0. The molecule has 0 aliphatic carbocycles. The summed E-state index contributed by atoms with van der Waals surface area (Å²) in [5.74, 6) is 1.56. The molecule has 0 spiro atoms. The molecule has 1 atom stereocenters. The van der Waals surface area contributed by atoms with Gasteiger partial charge in [0.15, 0.2) is 11.5 Å². The van der Waals surface area contributed by atoms with Gasteiger partial charge in [-0.25, -0.2) is 0 Å². The van der Waals surface area contributed by atoms with Crippen LogP contribution in [0.2, 0.25) is 0 Å². The number of aryl methyl sites for hydroxylation is 1. The predicted molar refractivity (Wildman–Crippen MR) is 84.1 cm³/mol. The first-order valence-electron chi connectivity index (χ1n) is 7.18. The largest absolute Gasteiger partial charge is 0.493 e. The van der Waals surface area contributed by atoms with Gasteiger partial charge < -0.3 is 14.6 Å². The highest BCUT2D eigenvalue weighted by molar-refractivity contribution is 5.39. The highest BCUT2D eigenvalue weighted by Gasteiger charge is 2.11. The minimum atomic E-state index is 0.0969. The molecule has 0 fully saturated rings. The van der Waals surface area contributed by atoms with Crippen molar-refractivity contribution in [2.75, 3.05) is 20.3 Å². The third-order valence-corrected chi connectivity index (χ3v) is 3.53. The molecule has 0 aliphatic rings. The quantitative estimate of drug-likeness (QED) is 0.846. The van der Waals surface area contributed by atoms with E-state index in [-0.39, 0.29) is 12.5 Å². The lowest BCUT2D eigenvalue weighted by atomic mass is 9.95. The van der Waals surface area contributed by atoms with Crippen molar-refractivity contribution in [2.24, 2.45) is 0 Å². The first-order valence-corrected chi connectivity index (χ1v) is 7.18. The Labute approximate surface area is 126 Å². The molecule has 3 heteroatoms. The molecule has 3 nitrogen and oxygen atoms in total. The monoisotopic (exact) mass is 286 g/mol. The van der Waals surface area contributed by atoms with Crippen LogP contribution in [-0.4, -0.2) is 25.4 Å². The van der Waals surface area contributed by atoms with Gasteiger partial charge in [0.1, 0.15) is 0 Å². The van der Waals surface area contributed by atoms with Crippen LogP contribution in [0.1, 0.15) is 23.5 Å². The summed E-state index contributed by atoms with van der Waals surface area (Å²) in [6, 6.07) is 15.8. The average Bonchev–Trinajstić information content (AvgIpc) is 2.52. The van der Waals surface area contributed by atoms with Crippen molar-refractivity contribution in [1.29, 1.82) is 0 Å². The number of rotatable bonds is 7. The second-order valence-electron chi connectivity index (χ2n) is 5.08. The van der Waals surface area contributed by atoms with Crippen LogP contribution >= 0.6 is 0 Å². The third kappa shape index (κ3) is 4.23. The molecule has 0 heterocycles. The SMILES string of the molecule is COc1ccccc1OCCC(CO)c1cccc(C)c1. The Balaban J connectivity index is 1.95. The first-order chi connectivity index (χ1) is 10.2. The van der Waals surface area contributed by atoms with Crippen molar-refractivity contribution in [2.45, 2.75) is 19.3 Å². The number of para-hydroxylation sites is 2. The van der Waals surface area contributed by atoms with Crippen molar-refractivity contribution in [3.8, 4) is 11.5 Å². The maximum Gasteiger partial charge on any atom is 0.161 e. The maximum atomic E-state index is 9.59. The zero-order valence-electron chi connectivity index (χ0n) is 12.6. The third-order valence-electron chi connectivity index (χ3n) is 3.53. The molecule has 112 valence electrons. The Kier molecular flexibility index (Phi) is 5.64. The lowest BCUT2D eigenvalue weighted by Gasteiger charge is -2.16. The Bertz CT molecular complexity index is 566. The summed E-state index contributed by atoms with van der Waals surface area (Å²) in [6.45, 7) is 2.72. The normalized spacial score (nSPS) is 12.0. The molecule has 0 radical (unpaired) electrons.